The van der Waals surface area contributed by atoms with E-state index in [1.165, 1.54) is 6.42 Å². The maximum absolute atomic E-state index is 6.36. The predicted octanol–water partition coefficient (Wildman–Crippen LogP) is 5.30. The second-order valence-corrected chi connectivity index (χ2v) is 8.04. The highest BCUT2D eigenvalue weighted by Crippen LogP contribution is 2.37. The van der Waals surface area contributed by atoms with Gasteiger partial charge in [0.15, 0.2) is 16.7 Å². The molecule has 1 saturated heterocycles. The van der Waals surface area contributed by atoms with Crippen LogP contribution in [0.5, 0.6) is 0 Å². The Bertz CT molecular complexity index is 1120. The Morgan fingerprint density at radius 3 is 2.27 bits per heavy atom. The molecular weight excluding hydrogens is 394 g/mol. The SMILES string of the molecule is CSc1nnc(-c2nc(-c3ccccc3)oc2N2CCCCC2)n1-c1ccccc1. The summed E-state index contributed by atoms with van der Waals surface area (Å²) in [4.78, 5) is 7.21. The molecule has 3 heterocycles. The molecular formula is C23H23N5OS. The third kappa shape index (κ3) is 3.50. The van der Waals surface area contributed by atoms with Crippen LogP contribution in [0, 0.1) is 0 Å². The van der Waals surface area contributed by atoms with Crippen molar-refractivity contribution in [3.8, 4) is 28.7 Å². The molecule has 4 aromatic rings. The summed E-state index contributed by atoms with van der Waals surface area (Å²) < 4.78 is 8.42. The van der Waals surface area contributed by atoms with Crippen molar-refractivity contribution in [3.05, 3.63) is 60.7 Å². The lowest BCUT2D eigenvalue weighted by Gasteiger charge is -2.26. The molecule has 6 nitrogen and oxygen atoms in total. The van der Waals surface area contributed by atoms with Gasteiger partial charge in [-0.1, -0.05) is 48.2 Å². The highest BCUT2D eigenvalue weighted by atomic mass is 32.2. The fourth-order valence-electron chi connectivity index (χ4n) is 3.84. The highest BCUT2D eigenvalue weighted by Gasteiger charge is 2.28. The molecule has 7 heteroatoms. The van der Waals surface area contributed by atoms with Crippen LogP contribution in [0.2, 0.25) is 0 Å². The average molecular weight is 418 g/mol. The Kier molecular flexibility index (Phi) is 5.27. The minimum Gasteiger partial charge on any atom is -0.420 e. The number of aromatic nitrogens is 4. The lowest BCUT2D eigenvalue weighted by Crippen LogP contribution is -2.29. The van der Waals surface area contributed by atoms with Gasteiger partial charge in [0.1, 0.15) is 0 Å². The van der Waals surface area contributed by atoms with Crippen LogP contribution in [-0.2, 0) is 0 Å². The minimum atomic E-state index is 0.611. The third-order valence-electron chi connectivity index (χ3n) is 5.32. The fourth-order valence-corrected chi connectivity index (χ4v) is 4.34. The van der Waals surface area contributed by atoms with Gasteiger partial charge in [0.05, 0.1) is 0 Å². The second-order valence-electron chi connectivity index (χ2n) is 7.27. The topological polar surface area (TPSA) is 60.0 Å². The first-order chi connectivity index (χ1) is 14.8. The van der Waals surface area contributed by atoms with Crippen molar-refractivity contribution >= 4 is 17.6 Å². The van der Waals surface area contributed by atoms with E-state index in [4.69, 9.17) is 9.40 Å². The van der Waals surface area contributed by atoms with E-state index in [1.807, 2.05) is 54.8 Å². The number of piperidine rings is 1. The summed E-state index contributed by atoms with van der Waals surface area (Å²) in [5.74, 6) is 2.10. The number of benzene rings is 2. The van der Waals surface area contributed by atoms with Gasteiger partial charge in [-0.05, 0) is 49.8 Å². The minimum absolute atomic E-state index is 0.611. The van der Waals surface area contributed by atoms with E-state index in [0.717, 1.165) is 53.9 Å². The number of para-hydroxylation sites is 1. The van der Waals surface area contributed by atoms with Crippen molar-refractivity contribution in [2.75, 3.05) is 24.2 Å². The average Bonchev–Trinajstić information content (AvgIpc) is 3.45. The van der Waals surface area contributed by atoms with E-state index in [1.54, 1.807) is 11.8 Å². The Morgan fingerprint density at radius 2 is 1.57 bits per heavy atom. The van der Waals surface area contributed by atoms with E-state index in [-0.39, 0.29) is 0 Å². The molecule has 30 heavy (non-hydrogen) atoms. The third-order valence-corrected chi connectivity index (χ3v) is 5.94. The Balaban J connectivity index is 1.69. The maximum Gasteiger partial charge on any atom is 0.229 e. The van der Waals surface area contributed by atoms with Gasteiger partial charge in [0.2, 0.25) is 11.8 Å². The van der Waals surface area contributed by atoms with Crippen molar-refractivity contribution < 1.29 is 4.42 Å². The molecule has 0 spiro atoms. The smallest absolute Gasteiger partial charge is 0.229 e. The molecule has 2 aromatic carbocycles. The van der Waals surface area contributed by atoms with E-state index in [2.05, 4.69) is 31.8 Å². The van der Waals surface area contributed by atoms with Crippen LogP contribution < -0.4 is 4.90 Å². The summed E-state index contributed by atoms with van der Waals surface area (Å²) in [6.07, 6.45) is 5.57. The molecule has 1 fully saturated rings. The summed E-state index contributed by atoms with van der Waals surface area (Å²) in [7, 11) is 0. The zero-order chi connectivity index (χ0) is 20.3. The summed E-state index contributed by atoms with van der Waals surface area (Å²) in [6, 6.07) is 20.2. The molecule has 5 rings (SSSR count). The van der Waals surface area contributed by atoms with Crippen LogP contribution in [0.4, 0.5) is 5.88 Å². The van der Waals surface area contributed by atoms with E-state index in [0.29, 0.717) is 11.7 Å². The van der Waals surface area contributed by atoms with Crippen LogP contribution in [0.25, 0.3) is 28.7 Å². The van der Waals surface area contributed by atoms with Gasteiger partial charge in [-0.25, -0.2) is 4.98 Å². The zero-order valence-corrected chi connectivity index (χ0v) is 17.7. The van der Waals surface area contributed by atoms with Gasteiger partial charge >= 0.3 is 0 Å². The first-order valence-corrected chi connectivity index (χ1v) is 11.4. The quantitative estimate of drug-likeness (QED) is 0.411. The summed E-state index contributed by atoms with van der Waals surface area (Å²) in [5.41, 5.74) is 2.71. The summed E-state index contributed by atoms with van der Waals surface area (Å²) >= 11 is 1.57. The van der Waals surface area contributed by atoms with Crippen molar-refractivity contribution in [1.82, 2.24) is 19.7 Å². The van der Waals surface area contributed by atoms with Gasteiger partial charge in [-0.3, -0.25) is 4.57 Å². The molecule has 0 aliphatic carbocycles. The summed E-state index contributed by atoms with van der Waals surface area (Å²) in [6.45, 7) is 1.93. The first kappa shape index (κ1) is 18.9. The molecule has 0 unspecified atom stereocenters. The molecule has 0 bridgehead atoms. The van der Waals surface area contributed by atoms with E-state index >= 15 is 0 Å². The predicted molar refractivity (Wildman–Crippen MR) is 120 cm³/mol. The summed E-state index contributed by atoms with van der Waals surface area (Å²) in [5, 5.41) is 9.79. The van der Waals surface area contributed by atoms with Crippen LogP contribution in [0.15, 0.2) is 70.2 Å². The number of hydrogen-bond donors (Lipinski definition) is 0. The second kappa shape index (κ2) is 8.36. The van der Waals surface area contributed by atoms with E-state index < -0.39 is 0 Å². The van der Waals surface area contributed by atoms with Crippen LogP contribution >= 0.6 is 11.8 Å². The number of rotatable bonds is 5. The largest absolute Gasteiger partial charge is 0.420 e. The van der Waals surface area contributed by atoms with Crippen LogP contribution in [0.3, 0.4) is 0 Å². The molecule has 0 amide bonds. The van der Waals surface area contributed by atoms with Crippen molar-refractivity contribution in [1.29, 1.82) is 0 Å². The van der Waals surface area contributed by atoms with E-state index in [9.17, 15) is 0 Å². The molecule has 1 aliphatic rings. The Labute approximate surface area is 180 Å². The lowest BCUT2D eigenvalue weighted by molar-refractivity contribution is 0.505. The van der Waals surface area contributed by atoms with Gasteiger partial charge < -0.3 is 9.32 Å². The maximum atomic E-state index is 6.36. The normalized spacial score (nSPS) is 14.2. The van der Waals surface area contributed by atoms with Gasteiger partial charge in [0.25, 0.3) is 0 Å². The molecule has 0 N–H and O–H groups in total. The lowest BCUT2D eigenvalue weighted by atomic mass is 10.1. The number of anilines is 1. The zero-order valence-electron chi connectivity index (χ0n) is 16.9. The van der Waals surface area contributed by atoms with Gasteiger partial charge in [-0.2, -0.15) is 0 Å². The van der Waals surface area contributed by atoms with Crippen LogP contribution in [-0.4, -0.2) is 39.1 Å². The molecule has 152 valence electrons. The fraction of sp³-hybridized carbons (Fsp3) is 0.261. The van der Waals surface area contributed by atoms with Gasteiger partial charge in [-0.15, -0.1) is 10.2 Å². The monoisotopic (exact) mass is 417 g/mol. The van der Waals surface area contributed by atoms with Crippen molar-refractivity contribution in [3.63, 3.8) is 0 Å². The van der Waals surface area contributed by atoms with Crippen molar-refractivity contribution in [2.24, 2.45) is 0 Å². The number of thioether (sulfide) groups is 1. The first-order valence-electron chi connectivity index (χ1n) is 10.2. The Hall–Kier alpha value is -3.06. The molecule has 2 aromatic heterocycles. The molecule has 0 atom stereocenters. The number of hydrogen-bond acceptors (Lipinski definition) is 6. The number of nitrogens with zero attached hydrogens (tertiary/aromatic N) is 5. The number of oxazole rings is 1. The standard InChI is InChI=1S/C23H23N5OS/c1-30-23-26-25-20(28(23)18-13-7-3-8-14-18)19-22(27-15-9-4-10-16-27)29-21(24-19)17-11-5-2-6-12-17/h2-3,5-8,11-14H,4,9-10,15-16H2,1H3. The molecule has 0 saturated carbocycles. The highest BCUT2D eigenvalue weighted by molar-refractivity contribution is 7.98. The van der Waals surface area contributed by atoms with Gasteiger partial charge in [0, 0.05) is 24.3 Å². The van der Waals surface area contributed by atoms with Crippen molar-refractivity contribution in [2.45, 2.75) is 24.4 Å². The Morgan fingerprint density at radius 1 is 0.867 bits per heavy atom. The molecule has 1 aliphatic heterocycles. The van der Waals surface area contributed by atoms with Crippen LogP contribution in [0.1, 0.15) is 19.3 Å². The molecule has 0 radical (unpaired) electrons.